The SMILES string of the molecule is Nc1nc(CC2CCOC2)nc2c1CSC2. The molecule has 1 aromatic heterocycles. The summed E-state index contributed by atoms with van der Waals surface area (Å²) in [5.41, 5.74) is 8.25. The van der Waals surface area contributed by atoms with Gasteiger partial charge in [0, 0.05) is 36.7 Å². The van der Waals surface area contributed by atoms with Gasteiger partial charge in [0.15, 0.2) is 0 Å². The van der Waals surface area contributed by atoms with E-state index in [-0.39, 0.29) is 0 Å². The Morgan fingerprint density at radius 2 is 2.31 bits per heavy atom. The highest BCUT2D eigenvalue weighted by Gasteiger charge is 2.21. The number of hydrogen-bond donors (Lipinski definition) is 1. The molecule has 16 heavy (non-hydrogen) atoms. The van der Waals surface area contributed by atoms with Crippen molar-refractivity contribution in [1.82, 2.24) is 9.97 Å². The van der Waals surface area contributed by atoms with Gasteiger partial charge >= 0.3 is 0 Å². The van der Waals surface area contributed by atoms with E-state index in [1.165, 1.54) is 0 Å². The van der Waals surface area contributed by atoms with Gasteiger partial charge in [-0.15, -0.1) is 0 Å². The molecule has 3 heterocycles. The molecule has 3 rings (SSSR count). The molecular weight excluding hydrogens is 222 g/mol. The molecule has 86 valence electrons. The summed E-state index contributed by atoms with van der Waals surface area (Å²) < 4.78 is 5.36. The van der Waals surface area contributed by atoms with Gasteiger partial charge in [0.2, 0.25) is 0 Å². The van der Waals surface area contributed by atoms with Gasteiger partial charge in [-0.2, -0.15) is 11.8 Å². The molecule has 4 nitrogen and oxygen atoms in total. The van der Waals surface area contributed by atoms with E-state index in [2.05, 4.69) is 9.97 Å². The third-order valence-corrected chi connectivity index (χ3v) is 4.12. The maximum absolute atomic E-state index is 5.95. The molecule has 2 aliphatic heterocycles. The third kappa shape index (κ3) is 1.89. The second-order valence-electron chi connectivity index (χ2n) is 4.38. The third-order valence-electron chi connectivity index (χ3n) is 3.15. The van der Waals surface area contributed by atoms with Gasteiger partial charge in [-0.25, -0.2) is 9.97 Å². The Bertz CT molecular complexity index is 404. The fraction of sp³-hybridized carbons (Fsp3) is 0.636. The lowest BCUT2D eigenvalue weighted by molar-refractivity contribution is 0.185. The van der Waals surface area contributed by atoms with Crippen LogP contribution < -0.4 is 5.73 Å². The van der Waals surface area contributed by atoms with Gasteiger partial charge in [-0.05, 0) is 12.3 Å². The van der Waals surface area contributed by atoms with E-state index < -0.39 is 0 Å². The van der Waals surface area contributed by atoms with Crippen molar-refractivity contribution >= 4 is 17.6 Å². The molecule has 0 saturated carbocycles. The van der Waals surface area contributed by atoms with Crippen LogP contribution in [0.2, 0.25) is 0 Å². The summed E-state index contributed by atoms with van der Waals surface area (Å²) in [5, 5.41) is 0. The number of nitrogens with two attached hydrogens (primary N) is 1. The van der Waals surface area contributed by atoms with Crippen LogP contribution in [0.15, 0.2) is 0 Å². The van der Waals surface area contributed by atoms with Crippen LogP contribution in [0, 0.1) is 5.92 Å². The maximum Gasteiger partial charge on any atom is 0.131 e. The normalized spacial score (nSPS) is 23.6. The van der Waals surface area contributed by atoms with Crippen molar-refractivity contribution in [2.45, 2.75) is 24.3 Å². The Kier molecular flexibility index (Phi) is 2.73. The number of rotatable bonds is 2. The fourth-order valence-corrected chi connectivity index (χ4v) is 3.28. The molecule has 0 radical (unpaired) electrons. The van der Waals surface area contributed by atoms with E-state index in [4.69, 9.17) is 10.5 Å². The summed E-state index contributed by atoms with van der Waals surface area (Å²) in [6.45, 7) is 1.72. The summed E-state index contributed by atoms with van der Waals surface area (Å²) in [6.07, 6.45) is 2.03. The highest BCUT2D eigenvalue weighted by Crippen LogP contribution is 2.31. The number of thioether (sulfide) groups is 1. The predicted octanol–water partition coefficient (Wildman–Crippen LogP) is 1.38. The number of nitrogen functional groups attached to an aromatic ring is 1. The number of hydrogen-bond acceptors (Lipinski definition) is 5. The van der Waals surface area contributed by atoms with E-state index in [9.17, 15) is 0 Å². The molecule has 1 atom stereocenters. The van der Waals surface area contributed by atoms with Crippen LogP contribution in [0.1, 0.15) is 23.5 Å². The molecular formula is C11H15N3OS. The first-order chi connectivity index (χ1) is 7.83. The smallest absolute Gasteiger partial charge is 0.131 e. The molecule has 0 aromatic carbocycles. The molecule has 1 unspecified atom stereocenters. The summed E-state index contributed by atoms with van der Waals surface area (Å²) in [5.74, 6) is 4.11. The van der Waals surface area contributed by atoms with Gasteiger partial charge in [0.1, 0.15) is 11.6 Å². The van der Waals surface area contributed by atoms with Crippen molar-refractivity contribution in [1.29, 1.82) is 0 Å². The Hall–Kier alpha value is -0.810. The van der Waals surface area contributed by atoms with Crippen molar-refractivity contribution < 1.29 is 4.74 Å². The minimum absolute atomic E-state index is 0.575. The molecule has 5 heteroatoms. The van der Waals surface area contributed by atoms with Crippen LogP contribution in [-0.4, -0.2) is 23.2 Å². The number of aromatic nitrogens is 2. The molecule has 2 N–H and O–H groups in total. The second kappa shape index (κ2) is 4.22. The predicted molar refractivity (Wildman–Crippen MR) is 64.1 cm³/mol. The van der Waals surface area contributed by atoms with Gasteiger partial charge in [-0.3, -0.25) is 0 Å². The average Bonchev–Trinajstić information content (AvgIpc) is 2.87. The van der Waals surface area contributed by atoms with Crippen molar-refractivity contribution in [2.24, 2.45) is 5.92 Å². The van der Waals surface area contributed by atoms with Crippen molar-refractivity contribution in [3.05, 3.63) is 17.1 Å². The lowest BCUT2D eigenvalue weighted by Gasteiger charge is -2.09. The molecule has 0 spiro atoms. The van der Waals surface area contributed by atoms with E-state index in [0.29, 0.717) is 11.7 Å². The second-order valence-corrected chi connectivity index (χ2v) is 5.36. The Morgan fingerprint density at radius 1 is 1.38 bits per heavy atom. The Labute approximate surface area is 99.0 Å². The van der Waals surface area contributed by atoms with E-state index >= 15 is 0 Å². The Morgan fingerprint density at radius 3 is 3.12 bits per heavy atom. The number of anilines is 1. The molecule has 1 aromatic rings. The summed E-state index contributed by atoms with van der Waals surface area (Å²) in [4.78, 5) is 9.02. The topological polar surface area (TPSA) is 61.0 Å². The zero-order chi connectivity index (χ0) is 11.0. The molecule has 0 bridgehead atoms. The largest absolute Gasteiger partial charge is 0.383 e. The van der Waals surface area contributed by atoms with Gasteiger partial charge < -0.3 is 10.5 Å². The van der Waals surface area contributed by atoms with Crippen LogP contribution in [0.4, 0.5) is 5.82 Å². The first kappa shape index (κ1) is 10.4. The van der Waals surface area contributed by atoms with E-state index in [1.54, 1.807) is 0 Å². The molecule has 2 aliphatic rings. The van der Waals surface area contributed by atoms with Crippen LogP contribution in [0.5, 0.6) is 0 Å². The van der Waals surface area contributed by atoms with Crippen LogP contribution in [0.3, 0.4) is 0 Å². The first-order valence-electron chi connectivity index (χ1n) is 5.62. The summed E-state index contributed by atoms with van der Waals surface area (Å²) in [6, 6.07) is 0. The van der Waals surface area contributed by atoms with E-state index in [0.717, 1.165) is 54.6 Å². The van der Waals surface area contributed by atoms with Crippen molar-refractivity contribution in [2.75, 3.05) is 18.9 Å². The molecule has 1 fully saturated rings. The molecule has 1 saturated heterocycles. The highest BCUT2D eigenvalue weighted by atomic mass is 32.2. The monoisotopic (exact) mass is 237 g/mol. The fourth-order valence-electron chi connectivity index (χ4n) is 2.22. The summed E-state index contributed by atoms with van der Waals surface area (Å²) >= 11 is 1.86. The maximum atomic E-state index is 5.95. The minimum Gasteiger partial charge on any atom is -0.383 e. The van der Waals surface area contributed by atoms with Gasteiger partial charge in [-0.1, -0.05) is 0 Å². The zero-order valence-electron chi connectivity index (χ0n) is 9.11. The van der Waals surface area contributed by atoms with Crippen molar-refractivity contribution in [3.63, 3.8) is 0 Å². The number of nitrogens with zero attached hydrogens (tertiary/aromatic N) is 2. The minimum atomic E-state index is 0.575. The van der Waals surface area contributed by atoms with Crippen LogP contribution >= 0.6 is 11.8 Å². The average molecular weight is 237 g/mol. The summed E-state index contributed by atoms with van der Waals surface area (Å²) in [7, 11) is 0. The number of fused-ring (bicyclic) bond motifs is 1. The van der Waals surface area contributed by atoms with E-state index in [1.807, 2.05) is 11.8 Å². The lowest BCUT2D eigenvalue weighted by atomic mass is 10.0. The number of ether oxygens (including phenoxy) is 1. The highest BCUT2D eigenvalue weighted by molar-refractivity contribution is 7.98. The zero-order valence-corrected chi connectivity index (χ0v) is 9.92. The quantitative estimate of drug-likeness (QED) is 0.842. The van der Waals surface area contributed by atoms with Crippen molar-refractivity contribution in [3.8, 4) is 0 Å². The van der Waals surface area contributed by atoms with Crippen LogP contribution in [-0.2, 0) is 22.7 Å². The molecule has 0 amide bonds. The first-order valence-corrected chi connectivity index (χ1v) is 6.78. The van der Waals surface area contributed by atoms with Gasteiger partial charge in [0.05, 0.1) is 5.69 Å². The Balaban J connectivity index is 1.82. The lowest BCUT2D eigenvalue weighted by Crippen LogP contribution is -2.11. The standard InChI is InChI=1S/C11H15N3OS/c12-11-8-5-16-6-9(8)13-10(14-11)3-7-1-2-15-4-7/h7H,1-6H2,(H2,12,13,14). The molecule has 0 aliphatic carbocycles. The van der Waals surface area contributed by atoms with Gasteiger partial charge in [0.25, 0.3) is 0 Å². The van der Waals surface area contributed by atoms with Crippen LogP contribution in [0.25, 0.3) is 0 Å².